The van der Waals surface area contributed by atoms with Crippen molar-refractivity contribution in [2.24, 2.45) is 0 Å². The van der Waals surface area contributed by atoms with Gasteiger partial charge < -0.3 is 0 Å². The maximum atomic E-state index is 4.69. The lowest BCUT2D eigenvalue weighted by molar-refractivity contribution is 0.661. The second kappa shape index (κ2) is 6.15. The van der Waals surface area contributed by atoms with E-state index in [0.29, 0.717) is 0 Å². The molecule has 0 aliphatic rings. The summed E-state index contributed by atoms with van der Waals surface area (Å²) >= 11 is 3.48. The number of hydrogen-bond donors (Lipinski definition) is 0. The third-order valence-corrected chi connectivity index (χ3v) is 3.49. The van der Waals surface area contributed by atoms with Gasteiger partial charge in [-0.05, 0) is 37.1 Å². The lowest BCUT2D eigenvalue weighted by Crippen LogP contribution is -1.91. The Hall–Kier alpha value is -0.890. The molecule has 0 atom stereocenters. The topological polar surface area (TPSA) is 12.9 Å². The van der Waals surface area contributed by atoms with Crippen molar-refractivity contribution < 1.29 is 0 Å². The van der Waals surface area contributed by atoms with E-state index in [2.05, 4.69) is 53.2 Å². The van der Waals surface area contributed by atoms with E-state index < -0.39 is 0 Å². The van der Waals surface area contributed by atoms with Gasteiger partial charge in [0.05, 0.1) is 5.52 Å². The molecule has 2 heteroatoms. The van der Waals surface area contributed by atoms with Gasteiger partial charge >= 0.3 is 0 Å². The van der Waals surface area contributed by atoms with Crippen LogP contribution < -0.4 is 0 Å². The number of nitrogens with zero attached hydrogens (tertiary/aromatic N) is 1. The standard InChI is InChI=1S/C15H18BrN/c1-2-3-4-5-6-14-9-7-12-11-13(16)8-10-15(12)17-14/h7-11H,2-6H2,1H3. The fourth-order valence-corrected chi connectivity index (χ4v) is 2.39. The van der Waals surface area contributed by atoms with Gasteiger partial charge in [-0.1, -0.05) is 48.2 Å². The van der Waals surface area contributed by atoms with Gasteiger partial charge in [0.2, 0.25) is 0 Å². The van der Waals surface area contributed by atoms with E-state index >= 15 is 0 Å². The Morgan fingerprint density at radius 2 is 1.94 bits per heavy atom. The number of pyridine rings is 1. The summed E-state index contributed by atoms with van der Waals surface area (Å²) in [6, 6.07) is 10.6. The maximum Gasteiger partial charge on any atom is 0.0706 e. The summed E-state index contributed by atoms with van der Waals surface area (Å²) in [4.78, 5) is 4.69. The number of fused-ring (bicyclic) bond motifs is 1. The van der Waals surface area contributed by atoms with Crippen molar-refractivity contribution in [1.29, 1.82) is 0 Å². The van der Waals surface area contributed by atoms with E-state index in [1.807, 2.05) is 0 Å². The summed E-state index contributed by atoms with van der Waals surface area (Å²) in [5.74, 6) is 0. The van der Waals surface area contributed by atoms with E-state index in [0.717, 1.165) is 16.4 Å². The summed E-state index contributed by atoms with van der Waals surface area (Å²) in [7, 11) is 0. The van der Waals surface area contributed by atoms with Crippen LogP contribution in [-0.2, 0) is 6.42 Å². The number of rotatable bonds is 5. The molecule has 0 N–H and O–H groups in total. The average Bonchev–Trinajstić information content (AvgIpc) is 2.35. The van der Waals surface area contributed by atoms with Gasteiger partial charge in [0, 0.05) is 15.6 Å². The van der Waals surface area contributed by atoms with Gasteiger partial charge in [-0.2, -0.15) is 0 Å². The van der Waals surface area contributed by atoms with Crippen LogP contribution in [0.5, 0.6) is 0 Å². The van der Waals surface area contributed by atoms with Crippen LogP contribution in [0.1, 0.15) is 38.3 Å². The van der Waals surface area contributed by atoms with Crippen LogP contribution in [0.2, 0.25) is 0 Å². The number of unbranched alkanes of at least 4 members (excludes halogenated alkanes) is 3. The van der Waals surface area contributed by atoms with Gasteiger partial charge in [-0.3, -0.25) is 4.98 Å². The first-order chi connectivity index (χ1) is 8.29. The summed E-state index contributed by atoms with van der Waals surface area (Å²) < 4.78 is 1.11. The van der Waals surface area contributed by atoms with Crippen LogP contribution >= 0.6 is 15.9 Å². The highest BCUT2D eigenvalue weighted by molar-refractivity contribution is 9.10. The van der Waals surface area contributed by atoms with Gasteiger partial charge in [-0.15, -0.1) is 0 Å². The van der Waals surface area contributed by atoms with Gasteiger partial charge in [0.15, 0.2) is 0 Å². The molecule has 0 aliphatic heterocycles. The number of aromatic nitrogens is 1. The van der Waals surface area contributed by atoms with Gasteiger partial charge in [-0.25, -0.2) is 0 Å². The van der Waals surface area contributed by atoms with E-state index in [1.54, 1.807) is 0 Å². The van der Waals surface area contributed by atoms with Crippen molar-refractivity contribution in [1.82, 2.24) is 4.98 Å². The van der Waals surface area contributed by atoms with E-state index in [1.165, 1.54) is 36.8 Å². The second-order valence-electron chi connectivity index (χ2n) is 4.45. The normalized spacial score (nSPS) is 10.9. The van der Waals surface area contributed by atoms with Gasteiger partial charge in [0.25, 0.3) is 0 Å². The molecule has 17 heavy (non-hydrogen) atoms. The first kappa shape index (κ1) is 12.6. The number of benzene rings is 1. The Kier molecular flexibility index (Phi) is 4.55. The second-order valence-corrected chi connectivity index (χ2v) is 5.37. The maximum absolute atomic E-state index is 4.69. The largest absolute Gasteiger partial charge is 0.253 e. The molecule has 0 amide bonds. The Labute approximate surface area is 111 Å². The average molecular weight is 292 g/mol. The monoisotopic (exact) mass is 291 g/mol. The molecule has 0 saturated carbocycles. The molecule has 2 rings (SSSR count). The van der Waals surface area contributed by atoms with E-state index in [-0.39, 0.29) is 0 Å². The molecule has 0 saturated heterocycles. The quantitative estimate of drug-likeness (QED) is 0.697. The number of halogens is 1. The van der Waals surface area contributed by atoms with Crippen molar-refractivity contribution in [3.63, 3.8) is 0 Å². The van der Waals surface area contributed by atoms with Gasteiger partial charge in [0.1, 0.15) is 0 Å². The van der Waals surface area contributed by atoms with Crippen LogP contribution in [0.3, 0.4) is 0 Å². The SMILES string of the molecule is CCCCCCc1ccc2cc(Br)ccc2n1. The molecule has 1 heterocycles. The predicted molar refractivity (Wildman–Crippen MR) is 77.3 cm³/mol. The Morgan fingerprint density at radius 3 is 2.76 bits per heavy atom. The summed E-state index contributed by atoms with van der Waals surface area (Å²) in [6.07, 6.45) is 6.30. The smallest absolute Gasteiger partial charge is 0.0706 e. The Bertz CT molecular complexity index is 493. The minimum atomic E-state index is 1.10. The molecular formula is C15H18BrN. The minimum absolute atomic E-state index is 1.10. The molecule has 0 fully saturated rings. The molecule has 0 bridgehead atoms. The fourth-order valence-electron chi connectivity index (χ4n) is 2.01. The van der Waals surface area contributed by atoms with E-state index in [9.17, 15) is 0 Å². The predicted octanol–water partition coefficient (Wildman–Crippen LogP) is 5.12. The third-order valence-electron chi connectivity index (χ3n) is 3.00. The Morgan fingerprint density at radius 1 is 1.06 bits per heavy atom. The van der Waals surface area contributed by atoms with Crippen molar-refractivity contribution >= 4 is 26.8 Å². The highest BCUT2D eigenvalue weighted by Gasteiger charge is 1.99. The van der Waals surface area contributed by atoms with Crippen molar-refractivity contribution in [2.75, 3.05) is 0 Å². The zero-order valence-corrected chi connectivity index (χ0v) is 11.8. The molecule has 1 aromatic heterocycles. The van der Waals surface area contributed by atoms with Crippen molar-refractivity contribution in [2.45, 2.75) is 39.0 Å². The number of hydrogen-bond acceptors (Lipinski definition) is 1. The Balaban J connectivity index is 2.07. The summed E-state index contributed by atoms with van der Waals surface area (Å²) in [5.41, 5.74) is 2.32. The molecule has 2 aromatic rings. The molecule has 1 aromatic carbocycles. The van der Waals surface area contributed by atoms with E-state index in [4.69, 9.17) is 4.98 Å². The molecule has 0 aliphatic carbocycles. The highest BCUT2D eigenvalue weighted by Crippen LogP contribution is 2.19. The van der Waals surface area contributed by atoms with Crippen LogP contribution in [0.25, 0.3) is 10.9 Å². The number of aryl methyl sites for hydroxylation is 1. The van der Waals surface area contributed by atoms with Crippen molar-refractivity contribution in [3.8, 4) is 0 Å². The zero-order valence-electron chi connectivity index (χ0n) is 10.2. The summed E-state index contributed by atoms with van der Waals surface area (Å²) in [6.45, 7) is 2.24. The van der Waals surface area contributed by atoms with Crippen LogP contribution in [0.4, 0.5) is 0 Å². The fraction of sp³-hybridized carbons (Fsp3) is 0.400. The van der Waals surface area contributed by atoms with Crippen molar-refractivity contribution in [3.05, 3.63) is 40.5 Å². The van der Waals surface area contributed by atoms with Crippen LogP contribution in [-0.4, -0.2) is 4.98 Å². The lowest BCUT2D eigenvalue weighted by atomic mass is 10.1. The highest BCUT2D eigenvalue weighted by atomic mass is 79.9. The molecular weight excluding hydrogens is 274 g/mol. The molecule has 0 spiro atoms. The first-order valence-electron chi connectivity index (χ1n) is 6.35. The lowest BCUT2D eigenvalue weighted by Gasteiger charge is -2.03. The molecule has 1 nitrogen and oxygen atoms in total. The minimum Gasteiger partial charge on any atom is -0.253 e. The first-order valence-corrected chi connectivity index (χ1v) is 7.14. The third kappa shape index (κ3) is 3.53. The molecule has 0 radical (unpaired) electrons. The van der Waals surface area contributed by atoms with Crippen LogP contribution in [0.15, 0.2) is 34.8 Å². The summed E-state index contributed by atoms with van der Waals surface area (Å²) in [5, 5.41) is 1.21. The zero-order chi connectivity index (χ0) is 12.1. The van der Waals surface area contributed by atoms with Crippen LogP contribution in [0, 0.1) is 0 Å². The molecule has 0 unspecified atom stereocenters. The molecule has 90 valence electrons.